The lowest BCUT2D eigenvalue weighted by Gasteiger charge is -2.63. The molecule has 4 fully saturated rings. The molecule has 9 atom stereocenters. The molecule has 204 valence electrons. The number of hydrogen-bond acceptors (Lipinski definition) is 9. The van der Waals surface area contributed by atoms with Gasteiger partial charge < -0.3 is 23.7 Å². The van der Waals surface area contributed by atoms with E-state index in [1.807, 2.05) is 20.8 Å². The van der Waals surface area contributed by atoms with Crippen molar-refractivity contribution in [2.75, 3.05) is 7.11 Å². The van der Waals surface area contributed by atoms with Crippen LogP contribution >= 0.6 is 0 Å². The maximum absolute atomic E-state index is 14.5. The molecular weight excluding hydrogens is 492 g/mol. The first-order valence-electron chi connectivity index (χ1n) is 13.3. The molecule has 1 saturated heterocycles. The number of fused-ring (bicyclic) bond motifs is 4. The summed E-state index contributed by atoms with van der Waals surface area (Å²) in [5, 5.41) is 12.4. The average molecular weight is 527 g/mol. The fraction of sp³-hybridized carbons (Fsp3) is 0.655. The zero-order valence-electron chi connectivity index (χ0n) is 22.4. The number of hydrogen-bond donors (Lipinski definition) is 1. The molecule has 1 unspecified atom stereocenters. The summed E-state index contributed by atoms with van der Waals surface area (Å²) in [7, 11) is 1.33. The predicted octanol–water partition coefficient (Wildman–Crippen LogP) is 3.45. The van der Waals surface area contributed by atoms with E-state index in [0.29, 0.717) is 18.4 Å². The van der Waals surface area contributed by atoms with Crippen LogP contribution in [0.15, 0.2) is 34.2 Å². The molecule has 9 nitrogen and oxygen atoms in total. The molecule has 2 heterocycles. The number of aliphatic hydroxyl groups is 1. The molecule has 5 aliphatic rings. The number of furan rings is 1. The lowest BCUT2D eigenvalue weighted by atomic mass is 9.42. The Morgan fingerprint density at radius 1 is 1.21 bits per heavy atom. The van der Waals surface area contributed by atoms with Gasteiger partial charge in [-0.25, -0.2) is 0 Å². The number of ketones is 1. The summed E-state index contributed by atoms with van der Waals surface area (Å²) in [6.45, 7) is 7.19. The highest BCUT2D eigenvalue weighted by Crippen LogP contribution is 2.78. The van der Waals surface area contributed by atoms with Crippen molar-refractivity contribution in [2.24, 2.45) is 34.0 Å². The van der Waals surface area contributed by atoms with Crippen LogP contribution < -0.4 is 0 Å². The molecular formula is C29H34O9. The van der Waals surface area contributed by atoms with E-state index in [1.54, 1.807) is 12.3 Å². The van der Waals surface area contributed by atoms with Gasteiger partial charge in [-0.05, 0) is 48.3 Å². The molecule has 1 N–H and O–H groups in total. The Bertz CT molecular complexity index is 1280. The smallest absolute Gasteiger partial charge is 0.310 e. The van der Waals surface area contributed by atoms with Crippen molar-refractivity contribution in [1.82, 2.24) is 0 Å². The van der Waals surface area contributed by atoms with Gasteiger partial charge in [0.15, 0.2) is 5.78 Å². The van der Waals surface area contributed by atoms with Gasteiger partial charge in [0.2, 0.25) is 0 Å². The van der Waals surface area contributed by atoms with Crippen LogP contribution in [0.3, 0.4) is 0 Å². The minimum Gasteiger partial charge on any atom is -0.472 e. The van der Waals surface area contributed by atoms with Crippen LogP contribution in [-0.4, -0.2) is 47.6 Å². The van der Waals surface area contributed by atoms with E-state index in [-0.39, 0.29) is 31.0 Å². The summed E-state index contributed by atoms with van der Waals surface area (Å²) >= 11 is 0. The van der Waals surface area contributed by atoms with Crippen LogP contribution in [0.1, 0.15) is 71.5 Å². The summed E-state index contributed by atoms with van der Waals surface area (Å²) in [5.41, 5.74) is -1.81. The lowest BCUT2D eigenvalue weighted by molar-refractivity contribution is -0.213. The van der Waals surface area contributed by atoms with Crippen LogP contribution in [0.25, 0.3) is 0 Å². The number of cyclic esters (lactones) is 1. The quantitative estimate of drug-likeness (QED) is 0.463. The van der Waals surface area contributed by atoms with Gasteiger partial charge >= 0.3 is 17.9 Å². The minimum absolute atomic E-state index is 0.0270. The highest BCUT2D eigenvalue weighted by atomic mass is 16.6. The Morgan fingerprint density at radius 2 is 1.95 bits per heavy atom. The maximum Gasteiger partial charge on any atom is 0.310 e. The van der Waals surface area contributed by atoms with E-state index in [2.05, 4.69) is 0 Å². The number of methoxy groups -OCH3 is 1. The fourth-order valence-electron chi connectivity index (χ4n) is 9.47. The van der Waals surface area contributed by atoms with Crippen molar-refractivity contribution >= 4 is 23.7 Å². The van der Waals surface area contributed by atoms with Crippen molar-refractivity contribution in [3.8, 4) is 0 Å². The molecule has 1 aromatic heterocycles. The Labute approximate surface area is 220 Å². The topological polar surface area (TPSA) is 129 Å². The maximum atomic E-state index is 14.5. The van der Waals surface area contributed by atoms with Gasteiger partial charge in [-0.2, -0.15) is 0 Å². The van der Waals surface area contributed by atoms with Crippen molar-refractivity contribution in [3.05, 3.63) is 35.3 Å². The number of Topliss-reactive ketones (excluding diaryl/α,β-unsaturated/α-hetero) is 1. The van der Waals surface area contributed by atoms with Crippen LogP contribution in [0.4, 0.5) is 0 Å². The molecule has 1 aromatic rings. The summed E-state index contributed by atoms with van der Waals surface area (Å²) in [5.74, 6) is -3.42. The van der Waals surface area contributed by atoms with Gasteiger partial charge in [-0.3, -0.25) is 19.2 Å². The third-order valence-electron chi connectivity index (χ3n) is 11.0. The Morgan fingerprint density at radius 3 is 2.58 bits per heavy atom. The molecule has 9 heteroatoms. The summed E-state index contributed by atoms with van der Waals surface area (Å²) in [6, 6.07) is 1.77. The summed E-state index contributed by atoms with van der Waals surface area (Å²) < 4.78 is 22.0. The standard InChI is InChI=1S/C29H34O9/c1-14(30)37-25-22-23(33)21-16(28(4)18(11-19(31)35-5)27(25,3)13-29(22,28)34)6-8-26(2)17(21)10-20(32)38-24(26)15-7-9-36-12-15/h7,9,12,16,18,22,24-25,34H,6,8,10-11,13H2,1-5H3/t16-,18-,22?,24+,25-,26-,27-,28+,29-/m0/s1. The van der Waals surface area contributed by atoms with Crippen molar-refractivity contribution in [2.45, 2.75) is 77.6 Å². The first kappa shape index (κ1) is 25.3. The second kappa shape index (κ2) is 7.81. The largest absolute Gasteiger partial charge is 0.472 e. The van der Waals surface area contributed by atoms with Crippen LogP contribution in [0.2, 0.25) is 0 Å². The first-order chi connectivity index (χ1) is 17.8. The van der Waals surface area contributed by atoms with Crippen LogP contribution in [0.5, 0.6) is 0 Å². The molecule has 0 spiro atoms. The van der Waals surface area contributed by atoms with Crippen LogP contribution in [0, 0.1) is 34.0 Å². The van der Waals surface area contributed by atoms with Crippen molar-refractivity contribution in [3.63, 3.8) is 0 Å². The van der Waals surface area contributed by atoms with E-state index >= 15 is 0 Å². The van der Waals surface area contributed by atoms with Crippen molar-refractivity contribution < 1.29 is 42.9 Å². The van der Waals surface area contributed by atoms with E-state index < -0.39 is 63.8 Å². The van der Waals surface area contributed by atoms with Gasteiger partial charge in [-0.1, -0.05) is 20.8 Å². The van der Waals surface area contributed by atoms with E-state index in [0.717, 1.165) is 11.1 Å². The zero-order chi connectivity index (χ0) is 27.4. The monoisotopic (exact) mass is 526 g/mol. The molecule has 6 rings (SSSR count). The second-order valence-corrected chi connectivity index (χ2v) is 12.6. The molecule has 4 aliphatic carbocycles. The third-order valence-corrected chi connectivity index (χ3v) is 11.0. The second-order valence-electron chi connectivity index (χ2n) is 12.6. The van der Waals surface area contributed by atoms with Crippen molar-refractivity contribution in [1.29, 1.82) is 0 Å². The molecule has 0 amide bonds. The molecule has 0 radical (unpaired) electrons. The van der Waals surface area contributed by atoms with Gasteiger partial charge in [0, 0.05) is 35.2 Å². The number of ether oxygens (including phenoxy) is 3. The normalized spacial score (nSPS) is 44.8. The highest BCUT2D eigenvalue weighted by Gasteiger charge is 2.84. The van der Waals surface area contributed by atoms with E-state index in [1.165, 1.54) is 20.3 Å². The number of allylic oxidation sites excluding steroid dienone is 1. The average Bonchev–Trinajstić information content (AvgIpc) is 3.50. The lowest BCUT2D eigenvalue weighted by Crippen LogP contribution is -2.68. The number of carbonyl (C=O) groups excluding carboxylic acids is 4. The molecule has 1 aliphatic heterocycles. The van der Waals surface area contributed by atoms with Crippen LogP contribution in [-0.2, 0) is 33.4 Å². The number of carbonyl (C=O) groups is 4. The summed E-state index contributed by atoms with van der Waals surface area (Å²) in [6.07, 6.45) is 3.01. The molecule has 3 saturated carbocycles. The van der Waals surface area contributed by atoms with Gasteiger partial charge in [0.1, 0.15) is 12.2 Å². The molecule has 38 heavy (non-hydrogen) atoms. The predicted molar refractivity (Wildman–Crippen MR) is 130 cm³/mol. The molecule has 2 bridgehead atoms. The Balaban J connectivity index is 1.57. The van der Waals surface area contributed by atoms with Gasteiger partial charge in [0.05, 0.1) is 37.6 Å². The van der Waals surface area contributed by atoms with E-state index in [4.69, 9.17) is 18.6 Å². The summed E-state index contributed by atoms with van der Waals surface area (Å²) in [4.78, 5) is 52.4. The van der Waals surface area contributed by atoms with Gasteiger partial charge in [0.25, 0.3) is 0 Å². The third kappa shape index (κ3) is 2.86. The minimum atomic E-state index is -1.47. The number of rotatable bonds is 4. The Hall–Kier alpha value is -2.94. The first-order valence-corrected chi connectivity index (χ1v) is 13.3. The SMILES string of the molecule is COC(=O)C[C@H]1[C@]2(C)C[C@]3(O)C(C(=O)C4=C5CC(=O)O[C@H](c6ccoc6)[C@@]5(C)CC[C@@H]4[C@]13C)[C@@H]2OC(C)=O. The van der Waals surface area contributed by atoms with Gasteiger partial charge in [-0.15, -0.1) is 0 Å². The highest BCUT2D eigenvalue weighted by molar-refractivity contribution is 6.03. The number of esters is 3. The molecule has 0 aromatic carbocycles. The van der Waals surface area contributed by atoms with E-state index in [9.17, 15) is 24.3 Å². The zero-order valence-corrected chi connectivity index (χ0v) is 22.4. The Kier molecular flexibility index (Phi) is 5.21. The fourth-order valence-corrected chi connectivity index (χ4v) is 9.47.